The second kappa shape index (κ2) is 11.7. The van der Waals surface area contributed by atoms with Gasteiger partial charge in [-0.1, -0.05) is 59.0 Å². The molecule has 1 unspecified atom stereocenters. The van der Waals surface area contributed by atoms with Gasteiger partial charge in [0.05, 0.1) is 25.8 Å². The number of rotatable bonds is 6. The molecule has 8 nitrogen and oxygen atoms in total. The highest BCUT2D eigenvalue weighted by atomic mass is 35.5. The molecule has 3 aromatic rings. The minimum atomic E-state index is -1.28. The summed E-state index contributed by atoms with van der Waals surface area (Å²) in [7, 11) is 9.07. The lowest BCUT2D eigenvalue weighted by Crippen LogP contribution is -2.59. The Morgan fingerprint density at radius 3 is 2.52 bits per heavy atom. The molecule has 11 heteroatoms. The molecule has 3 aromatic carbocycles. The highest BCUT2D eigenvalue weighted by molar-refractivity contribution is 6.32. The van der Waals surface area contributed by atoms with Crippen molar-refractivity contribution < 1.29 is 28.6 Å². The summed E-state index contributed by atoms with van der Waals surface area (Å²) in [5.41, 5.74) is 1.17. The van der Waals surface area contributed by atoms with Gasteiger partial charge in [-0.15, -0.1) is 0 Å². The van der Waals surface area contributed by atoms with Gasteiger partial charge in [0, 0.05) is 27.7 Å². The highest BCUT2D eigenvalue weighted by Crippen LogP contribution is 2.58. The van der Waals surface area contributed by atoms with E-state index in [2.05, 4.69) is 10.6 Å². The van der Waals surface area contributed by atoms with Crippen molar-refractivity contribution in [1.29, 1.82) is 0 Å². The molecule has 0 bridgehead atoms. The maximum absolute atomic E-state index is 14.4. The normalized spacial score (nSPS) is 23.8. The van der Waals surface area contributed by atoms with Gasteiger partial charge in [-0.25, -0.2) is 4.79 Å². The van der Waals surface area contributed by atoms with Crippen LogP contribution in [0.15, 0.2) is 77.9 Å². The van der Waals surface area contributed by atoms with Crippen molar-refractivity contribution in [2.45, 2.75) is 24.3 Å². The predicted molar refractivity (Wildman–Crippen MR) is 168 cm³/mol. The highest BCUT2D eigenvalue weighted by Gasteiger charge is 2.62. The zero-order chi connectivity index (χ0) is 31.2. The van der Waals surface area contributed by atoms with Gasteiger partial charge in [0.2, 0.25) is 11.8 Å². The van der Waals surface area contributed by atoms with Crippen LogP contribution in [0.4, 0.5) is 5.69 Å². The molecule has 2 heterocycles. The number of benzene rings is 3. The molecule has 1 spiro atoms. The van der Waals surface area contributed by atoms with E-state index in [1.165, 1.54) is 20.3 Å². The molecule has 2 amide bonds. The van der Waals surface area contributed by atoms with E-state index < -0.39 is 23.3 Å². The standard InChI is InChI=1S/C33H27BCl2N2O6/c1-42-28-13-18(31(40)43-2)6-10-27(28)44-26-11-7-19(34)14-22(26)30-33(23-9-8-21(36)15-25(23)37-32(33)41)24(16-29(39)38-30)17-4-3-5-20(35)12-17/h3-11,13-15,17,24,30H,12,16H2,1-2H3,(H,37,41)(H,38,39)/t17?,24-,30+,33-/m0/s1. The minimum Gasteiger partial charge on any atom is -0.493 e. The van der Waals surface area contributed by atoms with Gasteiger partial charge in [-0.3, -0.25) is 9.59 Å². The number of piperidine rings is 1. The summed E-state index contributed by atoms with van der Waals surface area (Å²) in [4.78, 5) is 40.0. The maximum atomic E-state index is 14.4. The molecular weight excluding hydrogens is 602 g/mol. The number of hydrogen-bond acceptors (Lipinski definition) is 6. The zero-order valence-corrected chi connectivity index (χ0v) is 25.4. The van der Waals surface area contributed by atoms with Crippen molar-refractivity contribution in [2.75, 3.05) is 19.5 Å². The summed E-state index contributed by atoms with van der Waals surface area (Å²) in [6, 6.07) is 14.1. The number of anilines is 1. The Morgan fingerprint density at radius 2 is 1.77 bits per heavy atom. The SMILES string of the molecule is [B]c1ccc(Oc2ccc(C(=O)OC)cc2OC)c([C@H]2NC(=O)C[C@@H](C3C=CC=C(Cl)C3)[C@]23C(=O)Nc2cc(Cl)ccc23)c1. The van der Waals surface area contributed by atoms with Gasteiger partial charge in [0.1, 0.15) is 19.0 Å². The summed E-state index contributed by atoms with van der Waals surface area (Å²) >= 11 is 12.8. The number of carbonyl (C=O) groups is 3. The second-order valence-corrected chi connectivity index (χ2v) is 11.9. The third-order valence-electron chi connectivity index (χ3n) is 8.53. The first-order chi connectivity index (χ1) is 21.1. The number of hydrogen-bond donors (Lipinski definition) is 2. The number of amides is 2. The first-order valence-electron chi connectivity index (χ1n) is 13.9. The van der Waals surface area contributed by atoms with E-state index in [0.29, 0.717) is 50.3 Å². The van der Waals surface area contributed by atoms with Crippen LogP contribution in [0.5, 0.6) is 17.2 Å². The Labute approximate surface area is 265 Å². The Morgan fingerprint density at radius 1 is 0.977 bits per heavy atom. The minimum absolute atomic E-state index is 0.0898. The number of fused-ring (bicyclic) bond motifs is 2. The van der Waals surface area contributed by atoms with E-state index in [9.17, 15) is 14.4 Å². The molecule has 222 valence electrons. The molecule has 6 rings (SSSR count). The molecule has 2 radical (unpaired) electrons. The van der Waals surface area contributed by atoms with Crippen molar-refractivity contribution in [1.82, 2.24) is 5.32 Å². The topological polar surface area (TPSA) is 103 Å². The van der Waals surface area contributed by atoms with Crippen molar-refractivity contribution in [3.8, 4) is 17.2 Å². The Kier molecular flexibility index (Phi) is 7.94. The van der Waals surface area contributed by atoms with Crippen LogP contribution in [0, 0.1) is 11.8 Å². The summed E-state index contributed by atoms with van der Waals surface area (Å²) in [5, 5.41) is 7.25. The van der Waals surface area contributed by atoms with Gasteiger partial charge in [-0.05, 0) is 66.3 Å². The molecule has 1 aliphatic carbocycles. The van der Waals surface area contributed by atoms with Gasteiger partial charge in [0.15, 0.2) is 11.5 Å². The van der Waals surface area contributed by atoms with Crippen molar-refractivity contribution in [2.24, 2.45) is 11.8 Å². The van der Waals surface area contributed by atoms with Gasteiger partial charge in [-0.2, -0.15) is 0 Å². The van der Waals surface area contributed by atoms with E-state index in [0.717, 1.165) is 0 Å². The van der Waals surface area contributed by atoms with Crippen LogP contribution < -0.4 is 25.6 Å². The zero-order valence-electron chi connectivity index (χ0n) is 23.9. The summed E-state index contributed by atoms with van der Waals surface area (Å²) in [6.45, 7) is 0. The third-order valence-corrected chi connectivity index (χ3v) is 9.05. The number of nitrogens with one attached hydrogen (secondary N) is 2. The summed E-state index contributed by atoms with van der Waals surface area (Å²) < 4.78 is 16.8. The van der Waals surface area contributed by atoms with Crippen LogP contribution in [-0.2, 0) is 19.7 Å². The lowest BCUT2D eigenvalue weighted by molar-refractivity contribution is -0.135. The number of allylic oxidation sites excluding steroid dienone is 4. The average Bonchev–Trinajstić information content (AvgIpc) is 3.29. The first kappa shape index (κ1) is 29.8. The fraction of sp³-hybridized carbons (Fsp3) is 0.242. The number of ether oxygens (including phenoxy) is 3. The predicted octanol–water partition coefficient (Wildman–Crippen LogP) is 5.49. The smallest absolute Gasteiger partial charge is 0.337 e. The van der Waals surface area contributed by atoms with Crippen LogP contribution in [0.1, 0.15) is 40.4 Å². The van der Waals surface area contributed by atoms with Crippen LogP contribution in [0.25, 0.3) is 0 Å². The molecule has 44 heavy (non-hydrogen) atoms. The number of carbonyl (C=O) groups excluding carboxylic acids is 3. The lowest BCUT2D eigenvalue weighted by Gasteiger charge is -2.49. The van der Waals surface area contributed by atoms with E-state index in [-0.39, 0.29) is 35.5 Å². The molecular formula is C33H27BCl2N2O6. The van der Waals surface area contributed by atoms with Gasteiger partial charge in [0.25, 0.3) is 0 Å². The maximum Gasteiger partial charge on any atom is 0.337 e. The third kappa shape index (κ3) is 5.04. The average molecular weight is 629 g/mol. The van der Waals surface area contributed by atoms with Crippen LogP contribution in [0.2, 0.25) is 5.02 Å². The fourth-order valence-electron chi connectivity index (χ4n) is 6.64. The van der Waals surface area contributed by atoms with Gasteiger partial charge >= 0.3 is 5.97 Å². The molecule has 1 fully saturated rings. The molecule has 2 N–H and O–H groups in total. The monoisotopic (exact) mass is 628 g/mol. The Hall–Kier alpha value is -4.21. The molecule has 2 aliphatic heterocycles. The Bertz CT molecular complexity index is 1760. The molecule has 3 aliphatic rings. The first-order valence-corrected chi connectivity index (χ1v) is 14.7. The molecule has 0 saturated carbocycles. The van der Waals surface area contributed by atoms with Crippen molar-refractivity contribution >= 4 is 60.0 Å². The lowest BCUT2D eigenvalue weighted by atomic mass is 9.56. The van der Waals surface area contributed by atoms with Crippen LogP contribution in [-0.4, -0.2) is 39.8 Å². The van der Waals surface area contributed by atoms with E-state index >= 15 is 0 Å². The Balaban J connectivity index is 1.53. The molecule has 4 atom stereocenters. The molecule has 1 saturated heterocycles. The van der Waals surface area contributed by atoms with Crippen LogP contribution in [0.3, 0.4) is 0 Å². The van der Waals surface area contributed by atoms with Crippen molar-refractivity contribution in [3.05, 3.63) is 99.6 Å². The number of halogens is 2. The number of methoxy groups -OCH3 is 2. The molecule has 0 aromatic heterocycles. The second-order valence-electron chi connectivity index (χ2n) is 10.9. The van der Waals surface area contributed by atoms with E-state index in [1.54, 1.807) is 42.5 Å². The van der Waals surface area contributed by atoms with Gasteiger partial charge < -0.3 is 24.8 Å². The largest absolute Gasteiger partial charge is 0.493 e. The fourth-order valence-corrected chi connectivity index (χ4v) is 7.07. The van der Waals surface area contributed by atoms with Crippen LogP contribution >= 0.6 is 23.2 Å². The van der Waals surface area contributed by atoms with E-state index in [1.807, 2.05) is 24.3 Å². The summed E-state index contributed by atoms with van der Waals surface area (Å²) in [5.74, 6) is -0.821. The quantitative estimate of drug-likeness (QED) is 0.277. The van der Waals surface area contributed by atoms with Crippen molar-refractivity contribution in [3.63, 3.8) is 0 Å². The van der Waals surface area contributed by atoms with E-state index in [4.69, 9.17) is 45.3 Å². The summed E-state index contributed by atoms with van der Waals surface area (Å²) in [6.07, 6.45) is 6.24. The number of esters is 1.